The van der Waals surface area contributed by atoms with Gasteiger partial charge in [0.1, 0.15) is 16.9 Å². The third-order valence-electron chi connectivity index (χ3n) is 6.04. The third-order valence-corrected chi connectivity index (χ3v) is 6.38. The summed E-state index contributed by atoms with van der Waals surface area (Å²) in [5.74, 6) is -1.01. The van der Waals surface area contributed by atoms with Gasteiger partial charge in [-0.3, -0.25) is 14.2 Å². The molecule has 0 radical (unpaired) electrons. The van der Waals surface area contributed by atoms with Crippen molar-refractivity contribution in [2.75, 3.05) is 17.7 Å². The maximum absolute atomic E-state index is 13.6. The quantitative estimate of drug-likeness (QED) is 0.196. The van der Waals surface area contributed by atoms with E-state index in [2.05, 4.69) is 15.6 Å². The van der Waals surface area contributed by atoms with Crippen molar-refractivity contribution < 1.29 is 14.3 Å². The van der Waals surface area contributed by atoms with Gasteiger partial charge in [0, 0.05) is 48.2 Å². The van der Waals surface area contributed by atoms with Crippen LogP contribution in [0.1, 0.15) is 22.1 Å². The average Bonchev–Trinajstić information content (AvgIpc) is 3.30. The number of hydrogen-bond donors (Lipinski definition) is 3. The number of aryl methyl sites for hydroxylation is 1. The van der Waals surface area contributed by atoms with Gasteiger partial charge in [0.15, 0.2) is 0 Å². The Morgan fingerprint density at radius 1 is 1.15 bits per heavy atom. The smallest absolute Gasteiger partial charge is 0.354 e. The van der Waals surface area contributed by atoms with Crippen molar-refractivity contribution in [3.8, 4) is 11.3 Å². The van der Waals surface area contributed by atoms with Gasteiger partial charge in [0.25, 0.3) is 5.56 Å². The molecule has 40 heavy (non-hydrogen) atoms. The molecule has 1 amide bonds. The molecule has 4 rings (SSSR count). The van der Waals surface area contributed by atoms with Crippen molar-refractivity contribution >= 4 is 46.5 Å². The van der Waals surface area contributed by atoms with Gasteiger partial charge in [-0.2, -0.15) is 0 Å². The largest absolute Gasteiger partial charge is 0.464 e. The number of rotatable bonds is 9. The molecule has 0 aliphatic carbocycles. The Hall–Kier alpha value is -4.54. The number of methoxy groups -OCH3 is 1. The minimum Gasteiger partial charge on any atom is -0.464 e. The number of nitrogens with one attached hydrogen (secondary N) is 2. The Morgan fingerprint density at radius 2 is 1.90 bits per heavy atom. The molecular formula is C28H26Cl2N6O4. The lowest BCUT2D eigenvalue weighted by atomic mass is 10.0. The Labute approximate surface area is 240 Å². The highest BCUT2D eigenvalue weighted by Crippen LogP contribution is 2.29. The van der Waals surface area contributed by atoms with Crippen LogP contribution >= 0.6 is 23.2 Å². The van der Waals surface area contributed by atoms with E-state index in [1.54, 1.807) is 36.0 Å². The minimum atomic E-state index is -0.950. The molecule has 0 bridgehead atoms. The summed E-state index contributed by atoms with van der Waals surface area (Å²) >= 11 is 12.0. The second-order valence-corrected chi connectivity index (χ2v) is 9.67. The van der Waals surface area contributed by atoms with Crippen molar-refractivity contribution in [1.29, 1.82) is 0 Å². The zero-order chi connectivity index (χ0) is 28.8. The minimum absolute atomic E-state index is 0.0381. The van der Waals surface area contributed by atoms with Crippen LogP contribution in [0.5, 0.6) is 0 Å². The number of carbonyl (C=O) groups is 2. The first kappa shape index (κ1) is 28.5. The predicted octanol–water partition coefficient (Wildman–Crippen LogP) is 4.52. The highest BCUT2D eigenvalue weighted by atomic mass is 35.5. The number of carbonyl (C=O) groups excluding carboxylic acids is 2. The molecule has 0 aliphatic rings. The van der Waals surface area contributed by atoms with Crippen molar-refractivity contribution in [2.24, 2.45) is 12.8 Å². The summed E-state index contributed by atoms with van der Waals surface area (Å²) in [6.45, 7) is 0. The normalized spacial score (nSPS) is 12.1. The van der Waals surface area contributed by atoms with E-state index in [0.717, 1.165) is 5.56 Å². The summed E-state index contributed by atoms with van der Waals surface area (Å²) in [6.07, 6.45) is 4.52. The lowest BCUT2D eigenvalue weighted by Gasteiger charge is -2.19. The fraction of sp³-hybridized carbons (Fsp3) is 0.143. The first-order valence-corrected chi connectivity index (χ1v) is 12.8. The molecule has 1 atom stereocenters. The van der Waals surface area contributed by atoms with E-state index in [4.69, 9.17) is 33.7 Å². The van der Waals surface area contributed by atoms with Crippen LogP contribution in [-0.2, 0) is 23.0 Å². The molecule has 1 unspecified atom stereocenters. The van der Waals surface area contributed by atoms with Crippen LogP contribution in [0.25, 0.3) is 11.3 Å². The molecule has 0 aliphatic heterocycles. The van der Waals surface area contributed by atoms with Gasteiger partial charge < -0.3 is 25.7 Å². The summed E-state index contributed by atoms with van der Waals surface area (Å²) < 4.78 is 7.59. The topological polar surface area (TPSA) is 133 Å². The van der Waals surface area contributed by atoms with Gasteiger partial charge in [-0.05, 0) is 29.8 Å². The third kappa shape index (κ3) is 6.71. The number of ether oxygens (including phenoxy) is 1. The summed E-state index contributed by atoms with van der Waals surface area (Å²) in [5, 5.41) is 6.24. The molecular weight excluding hydrogens is 555 g/mol. The van der Waals surface area contributed by atoms with E-state index in [1.807, 2.05) is 30.3 Å². The van der Waals surface area contributed by atoms with Crippen LogP contribution in [0, 0.1) is 0 Å². The first-order chi connectivity index (χ1) is 19.2. The zero-order valence-electron chi connectivity index (χ0n) is 21.6. The number of benzene rings is 2. The van der Waals surface area contributed by atoms with Crippen molar-refractivity contribution in [3.05, 3.63) is 111 Å². The van der Waals surface area contributed by atoms with E-state index in [1.165, 1.54) is 36.3 Å². The molecule has 2 aromatic heterocycles. The second-order valence-electron chi connectivity index (χ2n) is 8.79. The molecule has 10 nitrogen and oxygen atoms in total. The summed E-state index contributed by atoms with van der Waals surface area (Å²) in [4.78, 5) is 43.5. The van der Waals surface area contributed by atoms with Crippen LogP contribution in [0.3, 0.4) is 0 Å². The van der Waals surface area contributed by atoms with Crippen LogP contribution in [0.15, 0.2) is 89.3 Å². The highest BCUT2D eigenvalue weighted by Gasteiger charge is 2.24. The van der Waals surface area contributed by atoms with Gasteiger partial charge in [0.05, 0.1) is 24.8 Å². The summed E-state index contributed by atoms with van der Waals surface area (Å²) in [6, 6.07) is 16.2. The molecule has 4 N–H and O–H groups in total. The fourth-order valence-corrected chi connectivity index (χ4v) is 4.34. The first-order valence-electron chi connectivity index (χ1n) is 12.0. The molecule has 2 aromatic carbocycles. The number of hydrogen-bond acceptors (Lipinski definition) is 7. The van der Waals surface area contributed by atoms with E-state index >= 15 is 0 Å². The molecule has 4 aromatic rings. The van der Waals surface area contributed by atoms with Gasteiger partial charge in [0.2, 0.25) is 5.91 Å². The second kappa shape index (κ2) is 12.5. The Morgan fingerprint density at radius 3 is 2.58 bits per heavy atom. The molecule has 0 fully saturated rings. The van der Waals surface area contributed by atoms with Gasteiger partial charge in [-0.25, -0.2) is 9.78 Å². The molecule has 0 saturated heterocycles. The number of amides is 1. The number of aromatic nitrogens is 3. The van der Waals surface area contributed by atoms with Crippen molar-refractivity contribution in [1.82, 2.24) is 14.1 Å². The van der Waals surface area contributed by atoms with Crippen LogP contribution in [0.2, 0.25) is 5.02 Å². The number of halogens is 2. The van der Waals surface area contributed by atoms with E-state index in [9.17, 15) is 14.4 Å². The number of esters is 1. The lowest BCUT2D eigenvalue weighted by molar-refractivity contribution is -0.119. The van der Waals surface area contributed by atoms with E-state index in [-0.39, 0.29) is 17.3 Å². The Balaban J connectivity index is 1.70. The molecule has 206 valence electrons. The van der Waals surface area contributed by atoms with Crippen LogP contribution < -0.4 is 21.9 Å². The maximum Gasteiger partial charge on any atom is 0.354 e. The van der Waals surface area contributed by atoms with E-state index < -0.39 is 23.5 Å². The SMILES string of the molecule is COC(=O)c1cc(NC(=O)C(Cc2ccccc2)n2cnc(-c3cc(Cl)ccc3N/C=C(\N)Cl)cc2=O)cn1C. The fourth-order valence-electron chi connectivity index (χ4n) is 4.11. The maximum atomic E-state index is 13.6. The number of nitrogens with two attached hydrogens (primary N) is 1. The summed E-state index contributed by atoms with van der Waals surface area (Å²) in [5.41, 5.74) is 7.99. The Kier molecular flexibility index (Phi) is 8.93. The number of nitrogens with zero attached hydrogens (tertiary/aromatic N) is 3. The molecule has 12 heteroatoms. The molecule has 2 heterocycles. The average molecular weight is 581 g/mol. The Bertz CT molecular complexity index is 1630. The van der Waals surface area contributed by atoms with Crippen LogP contribution in [-0.4, -0.2) is 33.1 Å². The molecule has 0 spiro atoms. The highest BCUT2D eigenvalue weighted by molar-refractivity contribution is 6.31. The molecule has 0 saturated carbocycles. The summed E-state index contributed by atoms with van der Waals surface area (Å²) in [7, 11) is 2.94. The lowest BCUT2D eigenvalue weighted by Crippen LogP contribution is -2.34. The monoisotopic (exact) mass is 580 g/mol. The standard InChI is InChI=1S/C28H26Cl2N6O4/c1-35-15-19(12-24(35)28(39)40-2)34-27(38)23(10-17-6-4-3-5-7-17)36-16-33-22(13-26(36)37)20-11-18(29)8-9-21(20)32-14-25(30)31/h3-9,11-16,23,32H,10,31H2,1-2H3,(H,34,38)/b25-14-. The van der Waals surface area contributed by atoms with Gasteiger partial charge in [-0.15, -0.1) is 0 Å². The van der Waals surface area contributed by atoms with Crippen molar-refractivity contribution in [2.45, 2.75) is 12.5 Å². The predicted molar refractivity (Wildman–Crippen MR) is 155 cm³/mol. The van der Waals surface area contributed by atoms with Gasteiger partial charge in [-0.1, -0.05) is 53.5 Å². The van der Waals surface area contributed by atoms with Gasteiger partial charge >= 0.3 is 5.97 Å². The van der Waals surface area contributed by atoms with Crippen molar-refractivity contribution in [3.63, 3.8) is 0 Å². The van der Waals surface area contributed by atoms with E-state index in [0.29, 0.717) is 27.7 Å². The van der Waals surface area contributed by atoms with Crippen LogP contribution in [0.4, 0.5) is 11.4 Å². The zero-order valence-corrected chi connectivity index (χ0v) is 23.1. The number of anilines is 2.